The number of para-hydroxylation sites is 1. The highest BCUT2D eigenvalue weighted by atomic mass is 16.4. The lowest BCUT2D eigenvalue weighted by Crippen LogP contribution is -2.42. The summed E-state index contributed by atoms with van der Waals surface area (Å²) in [4.78, 5) is 25.0. The number of carbonyl (C=O) groups is 2. The summed E-state index contributed by atoms with van der Waals surface area (Å²) in [5.41, 5.74) is 1.70. The molecule has 1 amide bonds. The average molecular weight is 261 g/mol. The second-order valence-corrected chi connectivity index (χ2v) is 4.91. The molecular formula is C15H19NO3. The molecule has 0 bridgehead atoms. The molecule has 1 aliphatic rings. The molecule has 19 heavy (non-hydrogen) atoms. The molecular weight excluding hydrogens is 242 g/mol. The van der Waals surface area contributed by atoms with Gasteiger partial charge in [-0.25, -0.2) is 4.79 Å². The zero-order chi connectivity index (χ0) is 13.8. The van der Waals surface area contributed by atoms with Crippen molar-refractivity contribution in [2.75, 3.05) is 4.90 Å². The van der Waals surface area contributed by atoms with Crippen LogP contribution >= 0.6 is 0 Å². The van der Waals surface area contributed by atoms with E-state index in [0.29, 0.717) is 12.8 Å². The van der Waals surface area contributed by atoms with Crippen LogP contribution in [0, 0.1) is 0 Å². The first-order chi connectivity index (χ1) is 9.15. The third-order valence-corrected chi connectivity index (χ3v) is 3.52. The van der Waals surface area contributed by atoms with Crippen LogP contribution in [0.2, 0.25) is 0 Å². The number of amides is 1. The summed E-state index contributed by atoms with van der Waals surface area (Å²) < 4.78 is 0. The number of fused-ring (bicyclic) bond motifs is 1. The Bertz CT molecular complexity index is 484. The van der Waals surface area contributed by atoms with Gasteiger partial charge in [0.2, 0.25) is 5.91 Å². The molecule has 1 heterocycles. The first-order valence-electron chi connectivity index (χ1n) is 6.78. The molecule has 1 unspecified atom stereocenters. The maximum absolute atomic E-state index is 12.3. The first-order valence-corrected chi connectivity index (χ1v) is 6.78. The van der Waals surface area contributed by atoms with Crippen molar-refractivity contribution in [3.8, 4) is 0 Å². The molecule has 0 saturated carbocycles. The van der Waals surface area contributed by atoms with Crippen LogP contribution in [0.3, 0.4) is 0 Å². The largest absolute Gasteiger partial charge is 0.480 e. The molecule has 4 nitrogen and oxygen atoms in total. The minimum absolute atomic E-state index is 0.0780. The number of carbonyl (C=O) groups excluding carboxylic acids is 1. The molecule has 1 aromatic rings. The van der Waals surface area contributed by atoms with Crippen molar-refractivity contribution >= 4 is 17.6 Å². The lowest BCUT2D eigenvalue weighted by molar-refractivity contribution is -0.139. The summed E-state index contributed by atoms with van der Waals surface area (Å²) in [5, 5.41) is 9.28. The third kappa shape index (κ3) is 2.78. The van der Waals surface area contributed by atoms with Crippen LogP contribution < -0.4 is 4.90 Å². The van der Waals surface area contributed by atoms with Crippen molar-refractivity contribution in [1.82, 2.24) is 0 Å². The normalized spacial score (nSPS) is 17.3. The summed E-state index contributed by atoms with van der Waals surface area (Å²) in [6.07, 6.45) is 3.70. The highest BCUT2D eigenvalue weighted by Gasteiger charge is 2.37. The Kier molecular flexibility index (Phi) is 4.20. The maximum atomic E-state index is 12.3. The van der Waals surface area contributed by atoms with Gasteiger partial charge in [-0.15, -0.1) is 0 Å². The molecule has 1 atom stereocenters. The second-order valence-electron chi connectivity index (χ2n) is 4.91. The highest BCUT2D eigenvalue weighted by Crippen LogP contribution is 2.32. The minimum Gasteiger partial charge on any atom is -0.480 e. The number of rotatable bonds is 5. The maximum Gasteiger partial charge on any atom is 0.327 e. The van der Waals surface area contributed by atoms with Crippen molar-refractivity contribution in [2.45, 2.75) is 45.1 Å². The molecule has 1 aromatic carbocycles. The van der Waals surface area contributed by atoms with Gasteiger partial charge in [-0.05, 0) is 18.1 Å². The molecule has 0 spiro atoms. The molecule has 0 saturated heterocycles. The predicted octanol–water partition coefficient (Wildman–Crippen LogP) is 2.61. The van der Waals surface area contributed by atoms with E-state index in [1.165, 1.54) is 4.90 Å². The van der Waals surface area contributed by atoms with Crippen molar-refractivity contribution < 1.29 is 14.7 Å². The van der Waals surface area contributed by atoms with Crippen LogP contribution in [-0.2, 0) is 16.0 Å². The van der Waals surface area contributed by atoms with Gasteiger partial charge >= 0.3 is 5.97 Å². The molecule has 102 valence electrons. The van der Waals surface area contributed by atoms with E-state index in [2.05, 4.69) is 6.92 Å². The number of carboxylic acid groups (broad SMARTS) is 1. The van der Waals surface area contributed by atoms with E-state index in [9.17, 15) is 14.7 Å². The Balaban J connectivity index is 2.19. The van der Waals surface area contributed by atoms with Crippen molar-refractivity contribution in [3.63, 3.8) is 0 Å². The highest BCUT2D eigenvalue weighted by molar-refractivity contribution is 6.01. The van der Waals surface area contributed by atoms with Gasteiger partial charge in [0, 0.05) is 18.5 Å². The monoisotopic (exact) mass is 261 g/mol. The smallest absolute Gasteiger partial charge is 0.327 e. The fourth-order valence-corrected chi connectivity index (χ4v) is 2.54. The topological polar surface area (TPSA) is 57.6 Å². The Morgan fingerprint density at radius 2 is 2.05 bits per heavy atom. The summed E-state index contributed by atoms with van der Waals surface area (Å²) >= 11 is 0. The average Bonchev–Trinajstić information content (AvgIpc) is 2.78. The lowest BCUT2D eigenvalue weighted by Gasteiger charge is -2.22. The van der Waals surface area contributed by atoms with Crippen molar-refractivity contribution in [2.24, 2.45) is 0 Å². The predicted molar refractivity (Wildman–Crippen MR) is 73.2 cm³/mol. The summed E-state index contributed by atoms with van der Waals surface area (Å²) in [7, 11) is 0. The van der Waals surface area contributed by atoms with Crippen LogP contribution in [0.15, 0.2) is 24.3 Å². The number of hydrogen-bond donors (Lipinski definition) is 1. The molecule has 0 aliphatic carbocycles. The van der Waals surface area contributed by atoms with E-state index in [1.807, 2.05) is 24.3 Å². The Morgan fingerprint density at radius 1 is 1.32 bits per heavy atom. The first kappa shape index (κ1) is 13.6. The molecule has 1 aliphatic heterocycles. The molecule has 2 rings (SSSR count). The van der Waals surface area contributed by atoms with Crippen LogP contribution in [0.4, 0.5) is 5.69 Å². The number of nitrogens with zero attached hydrogens (tertiary/aromatic N) is 1. The Hall–Kier alpha value is -1.84. The van der Waals surface area contributed by atoms with E-state index in [1.54, 1.807) is 0 Å². The fraction of sp³-hybridized carbons (Fsp3) is 0.467. The minimum atomic E-state index is -0.931. The van der Waals surface area contributed by atoms with Crippen molar-refractivity contribution in [3.05, 3.63) is 29.8 Å². The van der Waals surface area contributed by atoms with Gasteiger partial charge in [-0.2, -0.15) is 0 Å². The van der Waals surface area contributed by atoms with E-state index in [-0.39, 0.29) is 5.91 Å². The molecule has 4 heteroatoms. The van der Waals surface area contributed by atoms with Crippen LogP contribution in [-0.4, -0.2) is 23.0 Å². The summed E-state index contributed by atoms with van der Waals surface area (Å²) in [6.45, 7) is 2.08. The van der Waals surface area contributed by atoms with Gasteiger partial charge in [-0.1, -0.05) is 38.0 Å². The standard InChI is InChI=1S/C15H19NO3/c1-2-3-4-9-14(17)16-12-8-6-5-7-11(12)10-13(16)15(18)19/h5-8,13H,2-4,9-10H2,1H3,(H,18,19). The number of benzene rings is 1. The quantitative estimate of drug-likeness (QED) is 0.829. The van der Waals surface area contributed by atoms with Crippen LogP contribution in [0.1, 0.15) is 38.2 Å². The fourth-order valence-electron chi connectivity index (χ4n) is 2.54. The van der Waals surface area contributed by atoms with Gasteiger partial charge in [0.25, 0.3) is 0 Å². The Labute approximate surface area is 113 Å². The van der Waals surface area contributed by atoms with E-state index in [0.717, 1.165) is 30.5 Å². The number of unbranched alkanes of at least 4 members (excludes halogenated alkanes) is 2. The lowest BCUT2D eigenvalue weighted by atomic mass is 10.1. The summed E-state index contributed by atoms with van der Waals surface area (Å²) in [6, 6.07) is 6.70. The Morgan fingerprint density at radius 3 is 2.74 bits per heavy atom. The number of anilines is 1. The number of carboxylic acids is 1. The van der Waals surface area contributed by atoms with Crippen LogP contribution in [0.25, 0.3) is 0 Å². The number of aliphatic carboxylic acids is 1. The molecule has 0 fully saturated rings. The van der Waals surface area contributed by atoms with Gasteiger partial charge in [0.1, 0.15) is 6.04 Å². The van der Waals surface area contributed by atoms with E-state index < -0.39 is 12.0 Å². The van der Waals surface area contributed by atoms with E-state index in [4.69, 9.17) is 0 Å². The molecule has 0 radical (unpaired) electrons. The van der Waals surface area contributed by atoms with Gasteiger partial charge in [-0.3, -0.25) is 9.69 Å². The van der Waals surface area contributed by atoms with Gasteiger partial charge in [0.15, 0.2) is 0 Å². The molecule has 1 N–H and O–H groups in total. The third-order valence-electron chi connectivity index (χ3n) is 3.52. The second kappa shape index (κ2) is 5.87. The van der Waals surface area contributed by atoms with Crippen LogP contribution in [0.5, 0.6) is 0 Å². The zero-order valence-electron chi connectivity index (χ0n) is 11.1. The van der Waals surface area contributed by atoms with Crippen molar-refractivity contribution in [1.29, 1.82) is 0 Å². The number of hydrogen-bond acceptors (Lipinski definition) is 2. The van der Waals surface area contributed by atoms with Gasteiger partial charge in [0.05, 0.1) is 0 Å². The summed E-state index contributed by atoms with van der Waals surface area (Å²) in [5.74, 6) is -1.01. The zero-order valence-corrected chi connectivity index (χ0v) is 11.1. The molecule has 0 aromatic heterocycles. The SMILES string of the molecule is CCCCCC(=O)N1c2ccccc2CC1C(=O)O. The van der Waals surface area contributed by atoms with E-state index >= 15 is 0 Å². The van der Waals surface area contributed by atoms with Gasteiger partial charge < -0.3 is 5.11 Å².